The first-order valence-corrected chi connectivity index (χ1v) is 5.50. The van der Waals surface area contributed by atoms with Crippen molar-refractivity contribution in [3.8, 4) is 0 Å². The van der Waals surface area contributed by atoms with E-state index in [9.17, 15) is 4.79 Å². The molecule has 82 valence electrons. The lowest BCUT2D eigenvalue weighted by molar-refractivity contribution is -0.138. The fraction of sp³-hybridized carbons (Fsp3) is 0.625. The van der Waals surface area contributed by atoms with Gasteiger partial charge in [0.15, 0.2) is 0 Å². The standard InChI is InChI=1S/C8H12N4O2S/c1-5-10-11-8(15-5)12-3-2-9-4-6(12)7(13)14/h6,9H,2-4H2,1H3,(H,13,14). The van der Waals surface area contributed by atoms with Crippen LogP contribution in [0.25, 0.3) is 0 Å². The molecule has 1 atom stereocenters. The molecular formula is C8H12N4O2S. The Kier molecular flexibility index (Phi) is 2.83. The van der Waals surface area contributed by atoms with E-state index in [0.29, 0.717) is 18.2 Å². The summed E-state index contributed by atoms with van der Waals surface area (Å²) in [4.78, 5) is 12.8. The molecule has 2 N–H and O–H groups in total. The SMILES string of the molecule is Cc1nnc(N2CCNCC2C(=O)O)s1. The third-order valence-electron chi connectivity index (χ3n) is 2.29. The highest BCUT2D eigenvalue weighted by Gasteiger charge is 2.30. The molecule has 0 aromatic carbocycles. The van der Waals surface area contributed by atoms with Crippen LogP contribution >= 0.6 is 11.3 Å². The number of rotatable bonds is 2. The second-order valence-corrected chi connectivity index (χ2v) is 4.52. The normalized spacial score (nSPS) is 21.7. The van der Waals surface area contributed by atoms with Crippen LogP contribution in [0.15, 0.2) is 0 Å². The van der Waals surface area contributed by atoms with Crippen LogP contribution in [0, 0.1) is 6.92 Å². The highest BCUT2D eigenvalue weighted by Crippen LogP contribution is 2.22. The first-order chi connectivity index (χ1) is 7.18. The topological polar surface area (TPSA) is 78.4 Å². The van der Waals surface area contributed by atoms with Crippen molar-refractivity contribution >= 4 is 22.4 Å². The lowest BCUT2D eigenvalue weighted by Crippen LogP contribution is -2.55. The minimum absolute atomic E-state index is 0.452. The van der Waals surface area contributed by atoms with Crippen LogP contribution in [0.3, 0.4) is 0 Å². The van der Waals surface area contributed by atoms with Gasteiger partial charge >= 0.3 is 5.97 Å². The molecule has 0 radical (unpaired) electrons. The van der Waals surface area contributed by atoms with E-state index in [2.05, 4.69) is 15.5 Å². The number of aromatic nitrogens is 2. The molecule has 1 unspecified atom stereocenters. The van der Waals surface area contributed by atoms with Gasteiger partial charge in [-0.25, -0.2) is 4.79 Å². The Balaban J connectivity index is 2.21. The van der Waals surface area contributed by atoms with Crippen LogP contribution in [0.5, 0.6) is 0 Å². The third-order valence-corrected chi connectivity index (χ3v) is 3.17. The Morgan fingerprint density at radius 2 is 2.47 bits per heavy atom. The summed E-state index contributed by atoms with van der Waals surface area (Å²) < 4.78 is 0. The molecule has 7 heteroatoms. The summed E-state index contributed by atoms with van der Waals surface area (Å²) in [5, 5.41) is 21.5. The van der Waals surface area contributed by atoms with Gasteiger partial charge in [-0.3, -0.25) is 0 Å². The molecule has 15 heavy (non-hydrogen) atoms. The average molecular weight is 228 g/mol. The van der Waals surface area contributed by atoms with E-state index in [0.717, 1.165) is 11.6 Å². The van der Waals surface area contributed by atoms with E-state index in [1.165, 1.54) is 11.3 Å². The van der Waals surface area contributed by atoms with Gasteiger partial charge in [-0.05, 0) is 6.92 Å². The lowest BCUT2D eigenvalue weighted by Gasteiger charge is -2.32. The number of aryl methyl sites for hydroxylation is 1. The molecule has 0 aliphatic carbocycles. The number of hydrogen-bond acceptors (Lipinski definition) is 6. The molecule has 1 aromatic rings. The van der Waals surface area contributed by atoms with Crippen LogP contribution < -0.4 is 10.2 Å². The number of carbonyl (C=O) groups is 1. The molecular weight excluding hydrogens is 216 g/mol. The number of hydrogen-bond donors (Lipinski definition) is 2. The van der Waals surface area contributed by atoms with E-state index in [4.69, 9.17) is 5.11 Å². The molecule has 0 spiro atoms. The Hall–Kier alpha value is -1.21. The summed E-state index contributed by atoms with van der Waals surface area (Å²) in [5.41, 5.74) is 0. The number of anilines is 1. The van der Waals surface area contributed by atoms with E-state index >= 15 is 0 Å². The highest BCUT2D eigenvalue weighted by atomic mass is 32.1. The van der Waals surface area contributed by atoms with Crippen LogP contribution in [0.4, 0.5) is 5.13 Å². The lowest BCUT2D eigenvalue weighted by atomic mass is 10.2. The molecule has 1 aliphatic heterocycles. The van der Waals surface area contributed by atoms with Gasteiger partial charge in [0.1, 0.15) is 11.0 Å². The molecule has 2 heterocycles. The average Bonchev–Trinajstić information content (AvgIpc) is 2.65. The summed E-state index contributed by atoms with van der Waals surface area (Å²) >= 11 is 1.43. The second kappa shape index (κ2) is 4.11. The number of aliphatic carboxylic acids is 1. The van der Waals surface area contributed by atoms with Crippen molar-refractivity contribution in [2.75, 3.05) is 24.5 Å². The van der Waals surface area contributed by atoms with Crippen molar-refractivity contribution < 1.29 is 9.90 Å². The predicted molar refractivity (Wildman–Crippen MR) is 56.3 cm³/mol. The Bertz CT molecular complexity index is 367. The second-order valence-electron chi connectivity index (χ2n) is 3.36. The van der Waals surface area contributed by atoms with Crippen molar-refractivity contribution in [3.63, 3.8) is 0 Å². The number of piperazine rings is 1. The number of carboxylic acids is 1. The summed E-state index contributed by atoms with van der Waals surface area (Å²) in [6, 6.07) is -0.536. The fourth-order valence-electron chi connectivity index (χ4n) is 1.56. The Morgan fingerprint density at radius 3 is 3.07 bits per heavy atom. The zero-order chi connectivity index (χ0) is 10.8. The van der Waals surface area contributed by atoms with E-state index in [1.807, 2.05) is 6.92 Å². The van der Waals surface area contributed by atoms with Gasteiger partial charge in [0.05, 0.1) is 0 Å². The summed E-state index contributed by atoms with van der Waals surface area (Å²) in [7, 11) is 0. The minimum Gasteiger partial charge on any atom is -0.480 e. The first kappa shape index (κ1) is 10.3. The highest BCUT2D eigenvalue weighted by molar-refractivity contribution is 7.15. The maximum atomic E-state index is 11.0. The van der Waals surface area contributed by atoms with Gasteiger partial charge in [0, 0.05) is 19.6 Å². The van der Waals surface area contributed by atoms with Gasteiger partial charge in [-0.2, -0.15) is 0 Å². The summed E-state index contributed by atoms with van der Waals surface area (Å²) in [6.45, 7) is 3.75. The van der Waals surface area contributed by atoms with Crippen LogP contribution in [-0.4, -0.2) is 46.9 Å². The number of nitrogens with zero attached hydrogens (tertiary/aromatic N) is 3. The zero-order valence-electron chi connectivity index (χ0n) is 8.30. The predicted octanol–water partition coefficient (Wildman–Crippen LogP) is -0.291. The van der Waals surface area contributed by atoms with E-state index in [1.54, 1.807) is 4.90 Å². The quantitative estimate of drug-likeness (QED) is 0.724. The van der Waals surface area contributed by atoms with Gasteiger partial charge < -0.3 is 15.3 Å². The summed E-state index contributed by atoms with van der Waals surface area (Å²) in [5.74, 6) is -0.824. The molecule has 0 bridgehead atoms. The Morgan fingerprint density at radius 1 is 1.67 bits per heavy atom. The van der Waals surface area contributed by atoms with Crippen molar-refractivity contribution in [1.82, 2.24) is 15.5 Å². The monoisotopic (exact) mass is 228 g/mol. The first-order valence-electron chi connectivity index (χ1n) is 4.69. The molecule has 1 fully saturated rings. The maximum Gasteiger partial charge on any atom is 0.327 e. The Labute approximate surface area is 90.9 Å². The molecule has 2 rings (SSSR count). The van der Waals surface area contributed by atoms with Gasteiger partial charge in [-0.15, -0.1) is 10.2 Å². The molecule has 0 amide bonds. The number of carboxylic acid groups (broad SMARTS) is 1. The van der Waals surface area contributed by atoms with E-state index in [-0.39, 0.29) is 0 Å². The molecule has 1 aliphatic rings. The van der Waals surface area contributed by atoms with Gasteiger partial charge in [0.25, 0.3) is 0 Å². The molecule has 0 saturated carbocycles. The van der Waals surface area contributed by atoms with Crippen molar-refractivity contribution in [1.29, 1.82) is 0 Å². The van der Waals surface area contributed by atoms with Crippen molar-refractivity contribution in [2.24, 2.45) is 0 Å². The molecule has 1 aromatic heterocycles. The van der Waals surface area contributed by atoms with Crippen LogP contribution in [0.2, 0.25) is 0 Å². The number of nitrogens with one attached hydrogen (secondary N) is 1. The summed E-state index contributed by atoms with van der Waals surface area (Å²) in [6.07, 6.45) is 0. The van der Waals surface area contributed by atoms with Crippen molar-refractivity contribution in [2.45, 2.75) is 13.0 Å². The van der Waals surface area contributed by atoms with Crippen LogP contribution in [0.1, 0.15) is 5.01 Å². The fourth-order valence-corrected chi connectivity index (χ4v) is 2.32. The van der Waals surface area contributed by atoms with Gasteiger partial charge in [-0.1, -0.05) is 11.3 Å². The van der Waals surface area contributed by atoms with Crippen molar-refractivity contribution in [3.05, 3.63) is 5.01 Å². The smallest absolute Gasteiger partial charge is 0.327 e. The maximum absolute atomic E-state index is 11.0. The van der Waals surface area contributed by atoms with E-state index < -0.39 is 12.0 Å². The molecule has 1 saturated heterocycles. The third kappa shape index (κ3) is 2.07. The zero-order valence-corrected chi connectivity index (χ0v) is 9.12. The van der Waals surface area contributed by atoms with Crippen LogP contribution in [-0.2, 0) is 4.79 Å². The molecule has 6 nitrogen and oxygen atoms in total. The largest absolute Gasteiger partial charge is 0.480 e. The van der Waals surface area contributed by atoms with Gasteiger partial charge in [0.2, 0.25) is 5.13 Å². The minimum atomic E-state index is -0.824.